The molecule has 1 aliphatic rings. The Morgan fingerprint density at radius 2 is 1.68 bits per heavy atom. The van der Waals surface area contributed by atoms with E-state index in [4.69, 9.17) is 12.2 Å². The van der Waals surface area contributed by atoms with Crippen LogP contribution in [0.15, 0.2) is 54.7 Å². The highest BCUT2D eigenvalue weighted by molar-refractivity contribution is 7.71. The maximum absolute atomic E-state index is 13.2. The molecule has 144 valence electrons. The smallest absolute Gasteiger partial charge is 0.272 e. The van der Waals surface area contributed by atoms with Crippen LogP contribution in [-0.4, -0.2) is 46.5 Å². The molecule has 0 spiro atoms. The van der Waals surface area contributed by atoms with E-state index in [1.807, 2.05) is 39.8 Å². The molecule has 0 atom stereocenters. The fourth-order valence-electron chi connectivity index (χ4n) is 3.75. The van der Waals surface area contributed by atoms with Crippen molar-refractivity contribution in [1.29, 1.82) is 0 Å². The third kappa shape index (κ3) is 3.36. The van der Waals surface area contributed by atoms with E-state index in [2.05, 4.69) is 41.9 Å². The van der Waals surface area contributed by atoms with E-state index in [-0.39, 0.29) is 5.91 Å². The van der Waals surface area contributed by atoms with Crippen LogP contribution < -0.4 is 4.90 Å². The molecule has 1 amide bonds. The molecule has 2 heterocycles. The van der Waals surface area contributed by atoms with Crippen molar-refractivity contribution in [2.75, 3.05) is 31.1 Å². The molecule has 0 aliphatic carbocycles. The number of para-hydroxylation sites is 1. The van der Waals surface area contributed by atoms with Crippen LogP contribution in [0.25, 0.3) is 5.69 Å². The number of benzene rings is 2. The normalized spacial score (nSPS) is 14.4. The lowest BCUT2D eigenvalue weighted by Crippen LogP contribution is -2.49. The highest BCUT2D eigenvalue weighted by Gasteiger charge is 2.25. The third-order valence-electron chi connectivity index (χ3n) is 5.49. The molecule has 0 radical (unpaired) electrons. The quantitative estimate of drug-likeness (QED) is 0.682. The number of piperazine rings is 1. The van der Waals surface area contributed by atoms with E-state index >= 15 is 0 Å². The number of anilines is 1. The second-order valence-corrected chi connectivity index (χ2v) is 7.54. The average Bonchev–Trinajstić information content (AvgIpc) is 3.12. The van der Waals surface area contributed by atoms with Gasteiger partial charge >= 0.3 is 0 Å². The van der Waals surface area contributed by atoms with E-state index in [9.17, 15) is 4.79 Å². The van der Waals surface area contributed by atoms with Crippen molar-refractivity contribution in [2.24, 2.45) is 0 Å². The topological polar surface area (TPSA) is 44.3 Å². The van der Waals surface area contributed by atoms with Crippen molar-refractivity contribution < 1.29 is 4.79 Å². The van der Waals surface area contributed by atoms with Crippen molar-refractivity contribution in [3.63, 3.8) is 0 Å². The maximum Gasteiger partial charge on any atom is 0.272 e. The highest BCUT2D eigenvalue weighted by Crippen LogP contribution is 2.24. The molecule has 0 unspecified atom stereocenters. The monoisotopic (exact) mass is 392 g/mol. The van der Waals surface area contributed by atoms with Gasteiger partial charge in [-0.3, -0.25) is 9.36 Å². The van der Waals surface area contributed by atoms with Gasteiger partial charge in [-0.05, 0) is 55.4 Å². The minimum atomic E-state index is 0.0109. The predicted octanol–water partition coefficient (Wildman–Crippen LogP) is 4.11. The summed E-state index contributed by atoms with van der Waals surface area (Å²) >= 11 is 5.41. The molecule has 0 saturated carbocycles. The zero-order valence-electron chi connectivity index (χ0n) is 16.2. The van der Waals surface area contributed by atoms with Crippen LogP contribution >= 0.6 is 12.2 Å². The minimum Gasteiger partial charge on any atom is -0.368 e. The van der Waals surface area contributed by atoms with Crippen LogP contribution in [0, 0.1) is 18.6 Å². The summed E-state index contributed by atoms with van der Waals surface area (Å²) in [4.78, 5) is 20.5. The number of carbonyl (C=O) groups excluding carboxylic acids is 1. The molecular weight excluding hydrogens is 368 g/mol. The van der Waals surface area contributed by atoms with Gasteiger partial charge in [0.25, 0.3) is 5.91 Å². The van der Waals surface area contributed by atoms with Crippen molar-refractivity contribution in [3.05, 3.63) is 76.3 Å². The Morgan fingerprint density at radius 3 is 2.39 bits per heavy atom. The van der Waals surface area contributed by atoms with Gasteiger partial charge < -0.3 is 14.8 Å². The number of rotatable bonds is 3. The van der Waals surface area contributed by atoms with Crippen LogP contribution in [0.1, 0.15) is 21.6 Å². The molecule has 1 aliphatic heterocycles. The van der Waals surface area contributed by atoms with Gasteiger partial charge in [-0.25, -0.2) is 0 Å². The summed E-state index contributed by atoms with van der Waals surface area (Å²) in [6, 6.07) is 16.2. The van der Waals surface area contributed by atoms with Gasteiger partial charge in [0.1, 0.15) is 5.69 Å². The zero-order chi connectivity index (χ0) is 19.7. The van der Waals surface area contributed by atoms with Crippen LogP contribution in [0.4, 0.5) is 5.69 Å². The summed E-state index contributed by atoms with van der Waals surface area (Å²) in [5.74, 6) is 0.0109. The van der Waals surface area contributed by atoms with E-state index < -0.39 is 0 Å². The lowest BCUT2D eigenvalue weighted by molar-refractivity contribution is 0.0738. The predicted molar refractivity (Wildman–Crippen MR) is 115 cm³/mol. The van der Waals surface area contributed by atoms with Gasteiger partial charge in [0, 0.05) is 43.8 Å². The number of aromatic amines is 1. The number of carbonyl (C=O) groups is 1. The summed E-state index contributed by atoms with van der Waals surface area (Å²) in [7, 11) is 0. The van der Waals surface area contributed by atoms with Gasteiger partial charge in [-0.2, -0.15) is 0 Å². The van der Waals surface area contributed by atoms with E-state index in [1.165, 1.54) is 16.8 Å². The first-order chi connectivity index (χ1) is 13.6. The second kappa shape index (κ2) is 7.64. The molecule has 1 saturated heterocycles. The van der Waals surface area contributed by atoms with Crippen LogP contribution in [0.2, 0.25) is 0 Å². The molecular formula is C22H24N4OS. The minimum absolute atomic E-state index is 0.0109. The Bertz CT molecular complexity index is 1050. The van der Waals surface area contributed by atoms with Crippen LogP contribution in [0.3, 0.4) is 0 Å². The molecule has 1 fully saturated rings. The van der Waals surface area contributed by atoms with Crippen molar-refractivity contribution in [2.45, 2.75) is 13.8 Å². The number of H-pyrrole nitrogens is 1. The molecule has 3 aromatic rings. The van der Waals surface area contributed by atoms with E-state index in [1.54, 1.807) is 6.20 Å². The summed E-state index contributed by atoms with van der Waals surface area (Å²) in [5.41, 5.74) is 5.35. The van der Waals surface area contributed by atoms with Crippen LogP contribution in [0.5, 0.6) is 0 Å². The number of imidazole rings is 1. The molecule has 4 rings (SSSR count). The van der Waals surface area contributed by atoms with Crippen molar-refractivity contribution in [3.8, 4) is 5.69 Å². The largest absolute Gasteiger partial charge is 0.368 e. The Balaban J connectivity index is 1.53. The fraction of sp³-hybridized carbons (Fsp3) is 0.273. The number of nitrogens with one attached hydrogen (secondary N) is 1. The van der Waals surface area contributed by atoms with Gasteiger partial charge in [-0.1, -0.05) is 30.3 Å². The zero-order valence-corrected chi connectivity index (χ0v) is 17.0. The maximum atomic E-state index is 13.2. The summed E-state index contributed by atoms with van der Waals surface area (Å²) in [6.45, 7) is 7.34. The first kappa shape index (κ1) is 18.5. The Morgan fingerprint density at radius 1 is 0.964 bits per heavy atom. The molecule has 2 aromatic carbocycles. The first-order valence-corrected chi connectivity index (χ1v) is 9.93. The second-order valence-electron chi connectivity index (χ2n) is 7.15. The SMILES string of the molecule is Cc1cccc(N2CCN(C(=O)c3c[nH]c(=S)n3-c3ccccc3)CC2)c1C. The Kier molecular flexibility index (Phi) is 5.05. The lowest BCUT2D eigenvalue weighted by Gasteiger charge is -2.37. The number of aromatic nitrogens is 2. The fourth-order valence-corrected chi connectivity index (χ4v) is 4.01. The van der Waals surface area contributed by atoms with E-state index in [0.717, 1.165) is 18.8 Å². The summed E-state index contributed by atoms with van der Waals surface area (Å²) in [5, 5.41) is 0. The lowest BCUT2D eigenvalue weighted by atomic mass is 10.1. The number of nitrogens with zero attached hydrogens (tertiary/aromatic N) is 3. The van der Waals surface area contributed by atoms with Gasteiger partial charge in [0.05, 0.1) is 0 Å². The molecule has 1 aromatic heterocycles. The number of hydrogen-bond donors (Lipinski definition) is 1. The number of aryl methyl sites for hydroxylation is 1. The molecule has 0 bridgehead atoms. The molecule has 28 heavy (non-hydrogen) atoms. The van der Waals surface area contributed by atoms with Gasteiger partial charge in [0.2, 0.25) is 0 Å². The van der Waals surface area contributed by atoms with Crippen LogP contribution in [-0.2, 0) is 0 Å². The number of amides is 1. The highest BCUT2D eigenvalue weighted by atomic mass is 32.1. The third-order valence-corrected chi connectivity index (χ3v) is 5.79. The molecule has 5 nitrogen and oxygen atoms in total. The summed E-state index contributed by atoms with van der Waals surface area (Å²) in [6.07, 6.45) is 1.72. The Hall–Kier alpha value is -2.86. The van der Waals surface area contributed by atoms with Crippen molar-refractivity contribution in [1.82, 2.24) is 14.5 Å². The van der Waals surface area contributed by atoms with E-state index in [0.29, 0.717) is 23.6 Å². The van der Waals surface area contributed by atoms with Crippen molar-refractivity contribution >= 4 is 23.8 Å². The standard InChI is InChI=1S/C22H24N4OS/c1-16-7-6-10-19(17(16)2)24-11-13-25(14-12-24)21(27)20-15-23-22(28)26(20)18-8-4-3-5-9-18/h3-10,15H,11-14H2,1-2H3,(H,23,28). The van der Waals surface area contributed by atoms with Gasteiger partial charge in [-0.15, -0.1) is 0 Å². The Labute approximate surface area is 170 Å². The molecule has 6 heteroatoms. The van der Waals surface area contributed by atoms with Gasteiger partial charge in [0.15, 0.2) is 4.77 Å². The summed E-state index contributed by atoms with van der Waals surface area (Å²) < 4.78 is 2.35. The molecule has 1 N–H and O–H groups in total. The average molecular weight is 393 g/mol. The number of hydrogen-bond acceptors (Lipinski definition) is 3. The first-order valence-electron chi connectivity index (χ1n) is 9.52.